The highest BCUT2D eigenvalue weighted by molar-refractivity contribution is 7.85. The van der Waals surface area contributed by atoms with Crippen LogP contribution in [0.4, 0.5) is 5.69 Å². The predicted octanol–water partition coefficient (Wildman–Crippen LogP) is 2.45. The van der Waals surface area contributed by atoms with E-state index in [9.17, 15) is 9.00 Å². The van der Waals surface area contributed by atoms with Crippen LogP contribution < -0.4 is 5.32 Å². The Morgan fingerprint density at radius 2 is 2.11 bits per heavy atom. The van der Waals surface area contributed by atoms with E-state index in [4.69, 9.17) is 16.3 Å². The molecule has 0 unspecified atom stereocenters. The minimum Gasteiger partial charge on any atom is -0.465 e. The number of nitrogens with one attached hydrogen (secondary N) is 1. The Bertz CT molecular complexity index is 497. The molecule has 19 heavy (non-hydrogen) atoms. The first kappa shape index (κ1) is 14.3. The van der Waals surface area contributed by atoms with Crippen molar-refractivity contribution in [3.63, 3.8) is 0 Å². The number of halogens is 1. The van der Waals surface area contributed by atoms with E-state index in [-0.39, 0.29) is 6.04 Å². The number of hydrogen-bond acceptors (Lipinski definition) is 4. The fourth-order valence-corrected chi connectivity index (χ4v) is 3.55. The van der Waals surface area contributed by atoms with Crippen LogP contribution in [0.1, 0.15) is 23.2 Å². The zero-order valence-corrected chi connectivity index (χ0v) is 12.2. The normalized spacial score (nSPS) is 22.8. The summed E-state index contributed by atoms with van der Waals surface area (Å²) in [6, 6.07) is 5.26. The monoisotopic (exact) mass is 301 g/mol. The Kier molecular flexibility index (Phi) is 4.82. The summed E-state index contributed by atoms with van der Waals surface area (Å²) in [6.07, 6.45) is 1.67. The van der Waals surface area contributed by atoms with E-state index in [1.165, 1.54) is 7.11 Å². The lowest BCUT2D eigenvalue weighted by atomic mass is 10.1. The van der Waals surface area contributed by atoms with Gasteiger partial charge in [-0.1, -0.05) is 11.6 Å². The molecule has 0 atom stereocenters. The zero-order valence-electron chi connectivity index (χ0n) is 10.6. The molecule has 1 saturated heterocycles. The standard InChI is InChI=1S/C13H16ClNO3S/c1-18-13(16)11-3-2-9(14)8-12(11)15-10-4-6-19(17)7-5-10/h2-3,8,10,15H,4-7H2,1H3. The van der Waals surface area contributed by atoms with Gasteiger partial charge in [-0.3, -0.25) is 4.21 Å². The second-order valence-corrected chi connectivity index (χ2v) is 6.58. The van der Waals surface area contributed by atoms with Gasteiger partial charge in [0.1, 0.15) is 0 Å². The first-order chi connectivity index (χ1) is 9.10. The molecule has 6 heteroatoms. The molecule has 0 radical (unpaired) electrons. The summed E-state index contributed by atoms with van der Waals surface area (Å²) in [6.45, 7) is 0. The van der Waals surface area contributed by atoms with Crippen molar-refractivity contribution in [2.24, 2.45) is 0 Å². The maximum absolute atomic E-state index is 11.7. The fraction of sp³-hybridized carbons (Fsp3) is 0.462. The molecule has 1 heterocycles. The summed E-state index contributed by atoms with van der Waals surface area (Å²) in [4.78, 5) is 11.7. The number of carbonyl (C=O) groups excluding carboxylic acids is 1. The third kappa shape index (κ3) is 3.70. The number of rotatable bonds is 3. The Hall–Kier alpha value is -1.07. The van der Waals surface area contributed by atoms with Gasteiger partial charge in [0.05, 0.1) is 18.4 Å². The molecule has 0 aliphatic carbocycles. The van der Waals surface area contributed by atoms with E-state index in [2.05, 4.69) is 5.32 Å². The van der Waals surface area contributed by atoms with Crippen molar-refractivity contribution in [3.8, 4) is 0 Å². The summed E-state index contributed by atoms with van der Waals surface area (Å²) < 4.78 is 16.1. The molecule has 0 spiro atoms. The highest BCUT2D eigenvalue weighted by Gasteiger charge is 2.20. The van der Waals surface area contributed by atoms with Crippen LogP contribution in [0.25, 0.3) is 0 Å². The van der Waals surface area contributed by atoms with Gasteiger partial charge in [-0.25, -0.2) is 4.79 Å². The molecule has 1 fully saturated rings. The van der Waals surface area contributed by atoms with E-state index in [1.54, 1.807) is 18.2 Å². The molecular formula is C13H16ClNO3S. The summed E-state index contributed by atoms with van der Waals surface area (Å²) in [5.41, 5.74) is 1.15. The van der Waals surface area contributed by atoms with Crippen molar-refractivity contribution in [1.82, 2.24) is 0 Å². The maximum Gasteiger partial charge on any atom is 0.339 e. The van der Waals surface area contributed by atoms with Gasteiger partial charge in [0.15, 0.2) is 0 Å². The van der Waals surface area contributed by atoms with Crippen molar-refractivity contribution in [2.45, 2.75) is 18.9 Å². The van der Waals surface area contributed by atoms with Crippen LogP contribution in [0.5, 0.6) is 0 Å². The van der Waals surface area contributed by atoms with E-state index >= 15 is 0 Å². The number of esters is 1. The van der Waals surface area contributed by atoms with Gasteiger partial charge in [0.2, 0.25) is 0 Å². The predicted molar refractivity (Wildman–Crippen MR) is 77.3 cm³/mol. The highest BCUT2D eigenvalue weighted by atomic mass is 35.5. The van der Waals surface area contributed by atoms with E-state index in [1.807, 2.05) is 0 Å². The Balaban J connectivity index is 2.16. The Morgan fingerprint density at radius 1 is 1.42 bits per heavy atom. The quantitative estimate of drug-likeness (QED) is 0.871. The van der Waals surface area contributed by atoms with Gasteiger partial charge in [-0.2, -0.15) is 0 Å². The van der Waals surface area contributed by atoms with E-state index in [0.717, 1.165) is 12.8 Å². The lowest BCUT2D eigenvalue weighted by molar-refractivity contribution is 0.0602. The molecule has 0 bridgehead atoms. The summed E-state index contributed by atoms with van der Waals surface area (Å²) in [5.74, 6) is 1.01. The molecule has 1 aromatic rings. The summed E-state index contributed by atoms with van der Waals surface area (Å²) in [5, 5.41) is 3.87. The van der Waals surface area contributed by atoms with Gasteiger partial charge in [-0.15, -0.1) is 0 Å². The molecule has 104 valence electrons. The number of ether oxygens (including phenoxy) is 1. The average molecular weight is 302 g/mol. The van der Waals surface area contributed by atoms with Crippen molar-refractivity contribution in [1.29, 1.82) is 0 Å². The van der Waals surface area contributed by atoms with Gasteiger partial charge < -0.3 is 10.1 Å². The third-order valence-electron chi connectivity index (χ3n) is 3.13. The molecule has 4 nitrogen and oxygen atoms in total. The molecular weight excluding hydrogens is 286 g/mol. The van der Waals surface area contributed by atoms with Gasteiger partial charge in [0.25, 0.3) is 0 Å². The van der Waals surface area contributed by atoms with Crippen molar-refractivity contribution in [3.05, 3.63) is 28.8 Å². The van der Waals surface area contributed by atoms with Crippen LogP contribution in [0, 0.1) is 0 Å². The maximum atomic E-state index is 11.7. The number of methoxy groups -OCH3 is 1. The SMILES string of the molecule is COC(=O)c1ccc(Cl)cc1NC1CCS(=O)CC1. The number of hydrogen-bond donors (Lipinski definition) is 1. The fourth-order valence-electron chi connectivity index (χ4n) is 2.08. The molecule has 1 N–H and O–H groups in total. The highest BCUT2D eigenvalue weighted by Crippen LogP contribution is 2.24. The molecule has 2 rings (SSSR count). The first-order valence-electron chi connectivity index (χ1n) is 6.09. The number of benzene rings is 1. The molecule has 0 aromatic heterocycles. The topological polar surface area (TPSA) is 55.4 Å². The average Bonchev–Trinajstić information content (AvgIpc) is 2.41. The number of anilines is 1. The van der Waals surface area contributed by atoms with Crippen LogP contribution in [0.3, 0.4) is 0 Å². The largest absolute Gasteiger partial charge is 0.465 e. The van der Waals surface area contributed by atoms with Crippen LogP contribution in [-0.2, 0) is 15.5 Å². The van der Waals surface area contributed by atoms with Gasteiger partial charge >= 0.3 is 5.97 Å². The molecule has 1 aliphatic heterocycles. The smallest absolute Gasteiger partial charge is 0.339 e. The lowest BCUT2D eigenvalue weighted by Gasteiger charge is -2.24. The zero-order chi connectivity index (χ0) is 13.8. The van der Waals surface area contributed by atoms with Crippen LogP contribution in [-0.4, -0.2) is 34.8 Å². The van der Waals surface area contributed by atoms with E-state index < -0.39 is 16.8 Å². The molecule has 0 amide bonds. The lowest BCUT2D eigenvalue weighted by Crippen LogP contribution is -2.30. The van der Waals surface area contributed by atoms with Crippen LogP contribution in [0.15, 0.2) is 18.2 Å². The summed E-state index contributed by atoms with van der Waals surface area (Å²) in [7, 11) is 0.655. The third-order valence-corrected chi connectivity index (χ3v) is 4.75. The molecule has 0 saturated carbocycles. The minimum atomic E-state index is -0.697. The first-order valence-corrected chi connectivity index (χ1v) is 7.96. The Labute approximate surface area is 119 Å². The van der Waals surface area contributed by atoms with Gasteiger partial charge in [-0.05, 0) is 31.0 Å². The van der Waals surface area contributed by atoms with Crippen molar-refractivity contribution < 1.29 is 13.7 Å². The van der Waals surface area contributed by atoms with Crippen LogP contribution in [0.2, 0.25) is 5.02 Å². The second-order valence-electron chi connectivity index (χ2n) is 4.45. The minimum absolute atomic E-state index is 0.222. The number of carbonyl (C=O) groups is 1. The van der Waals surface area contributed by atoms with E-state index in [0.29, 0.717) is 27.8 Å². The molecule has 1 aromatic carbocycles. The second kappa shape index (κ2) is 6.39. The summed E-state index contributed by atoms with van der Waals surface area (Å²) >= 11 is 5.96. The Morgan fingerprint density at radius 3 is 2.74 bits per heavy atom. The van der Waals surface area contributed by atoms with Gasteiger partial charge in [0, 0.05) is 33.4 Å². The van der Waals surface area contributed by atoms with Crippen molar-refractivity contribution >= 4 is 34.1 Å². The van der Waals surface area contributed by atoms with Crippen molar-refractivity contribution in [2.75, 3.05) is 23.9 Å². The molecule has 1 aliphatic rings. The van der Waals surface area contributed by atoms with Crippen LogP contribution >= 0.6 is 11.6 Å².